The van der Waals surface area contributed by atoms with Gasteiger partial charge >= 0.3 is 0 Å². The van der Waals surface area contributed by atoms with Gasteiger partial charge in [-0.05, 0) is 37.8 Å². The van der Waals surface area contributed by atoms with Gasteiger partial charge in [-0.3, -0.25) is 9.69 Å². The summed E-state index contributed by atoms with van der Waals surface area (Å²) in [5.74, 6) is -0.0715. The van der Waals surface area contributed by atoms with Crippen molar-refractivity contribution in [3.05, 3.63) is 30.1 Å². The molecule has 1 aromatic carbocycles. The zero-order valence-electron chi connectivity index (χ0n) is 13.9. The molecule has 1 aromatic rings. The molecule has 2 fully saturated rings. The molecular weight excluding hydrogens is 311 g/mol. The normalized spacial score (nSPS) is 23.7. The molecule has 2 atom stereocenters. The molecule has 0 aromatic heterocycles. The van der Waals surface area contributed by atoms with Gasteiger partial charge in [0.15, 0.2) is 11.6 Å². The summed E-state index contributed by atoms with van der Waals surface area (Å²) in [7, 11) is 0. The van der Waals surface area contributed by atoms with E-state index in [9.17, 15) is 9.18 Å². The molecule has 1 N–H and O–H groups in total. The smallest absolute Gasteiger partial charge is 0.234 e. The molecule has 2 aliphatic rings. The Morgan fingerprint density at radius 2 is 2.25 bits per heavy atom. The molecule has 0 unspecified atom stereocenters. The number of nitrogens with zero attached hydrogens (tertiary/aromatic N) is 1. The van der Waals surface area contributed by atoms with E-state index in [1.165, 1.54) is 12.5 Å². The topological polar surface area (TPSA) is 50.8 Å². The molecule has 1 saturated heterocycles. The first-order valence-electron chi connectivity index (χ1n) is 8.74. The molecule has 24 heavy (non-hydrogen) atoms. The number of fused-ring (bicyclic) bond motifs is 1. The molecule has 1 aliphatic heterocycles. The zero-order chi connectivity index (χ0) is 16.8. The van der Waals surface area contributed by atoms with E-state index < -0.39 is 0 Å². The number of ether oxygens (including phenoxy) is 2. The van der Waals surface area contributed by atoms with Crippen LogP contribution in [-0.4, -0.2) is 55.8 Å². The SMILES string of the molecule is O=C(CN1CCO[C@H]2CCC[C@H]21)NCCCOc1ccccc1F. The van der Waals surface area contributed by atoms with Crippen LogP contribution in [0.5, 0.6) is 5.75 Å². The highest BCUT2D eigenvalue weighted by molar-refractivity contribution is 5.78. The number of benzene rings is 1. The van der Waals surface area contributed by atoms with Crippen LogP contribution in [-0.2, 0) is 9.53 Å². The van der Waals surface area contributed by atoms with E-state index >= 15 is 0 Å². The van der Waals surface area contributed by atoms with Crippen LogP contribution in [0.3, 0.4) is 0 Å². The standard InChI is InChI=1S/C18H25FN2O3/c19-14-5-1-2-7-16(14)23-11-4-9-20-18(22)13-21-10-12-24-17-8-3-6-15(17)21/h1-2,5,7,15,17H,3-4,6,8-13H2,(H,20,22)/t15-,17+/m1/s1. The van der Waals surface area contributed by atoms with Gasteiger partial charge in [0.05, 0.1) is 25.9 Å². The van der Waals surface area contributed by atoms with Crippen molar-refractivity contribution in [2.75, 3.05) is 32.8 Å². The van der Waals surface area contributed by atoms with E-state index in [1.54, 1.807) is 18.2 Å². The highest BCUT2D eigenvalue weighted by Crippen LogP contribution is 2.29. The second kappa shape index (κ2) is 8.44. The minimum absolute atomic E-state index is 0.0356. The fourth-order valence-electron chi connectivity index (χ4n) is 3.49. The number of halogens is 1. The highest BCUT2D eigenvalue weighted by Gasteiger charge is 2.36. The lowest BCUT2D eigenvalue weighted by atomic mass is 10.1. The number of hydrogen-bond acceptors (Lipinski definition) is 4. The van der Waals surface area contributed by atoms with Crippen molar-refractivity contribution in [2.45, 2.75) is 37.8 Å². The largest absolute Gasteiger partial charge is 0.490 e. The number of rotatable bonds is 7. The third-order valence-electron chi connectivity index (χ3n) is 4.68. The maximum absolute atomic E-state index is 13.4. The lowest BCUT2D eigenvalue weighted by molar-refractivity contribution is -0.126. The Balaban J connectivity index is 1.32. The number of carbonyl (C=O) groups excluding carboxylic acids is 1. The summed E-state index contributed by atoms with van der Waals surface area (Å²) < 4.78 is 24.5. The molecule has 1 saturated carbocycles. The molecule has 1 aliphatic carbocycles. The van der Waals surface area contributed by atoms with Crippen molar-refractivity contribution in [1.29, 1.82) is 0 Å². The molecule has 132 valence electrons. The van der Waals surface area contributed by atoms with Gasteiger partial charge < -0.3 is 14.8 Å². The summed E-state index contributed by atoms with van der Waals surface area (Å²) in [4.78, 5) is 14.3. The lowest BCUT2D eigenvalue weighted by Crippen LogP contribution is -2.51. The molecule has 1 amide bonds. The highest BCUT2D eigenvalue weighted by atomic mass is 19.1. The first kappa shape index (κ1) is 17.2. The number of hydrogen-bond donors (Lipinski definition) is 1. The van der Waals surface area contributed by atoms with E-state index in [1.807, 2.05) is 0 Å². The van der Waals surface area contributed by atoms with Crippen LogP contribution in [0.1, 0.15) is 25.7 Å². The molecule has 0 radical (unpaired) electrons. The monoisotopic (exact) mass is 336 g/mol. The molecule has 1 heterocycles. The van der Waals surface area contributed by atoms with Gasteiger partial charge in [-0.15, -0.1) is 0 Å². The number of amides is 1. The third kappa shape index (κ3) is 4.45. The van der Waals surface area contributed by atoms with Crippen molar-refractivity contribution < 1.29 is 18.7 Å². The summed E-state index contributed by atoms with van der Waals surface area (Å²) >= 11 is 0. The second-order valence-electron chi connectivity index (χ2n) is 6.36. The second-order valence-corrected chi connectivity index (χ2v) is 6.36. The number of morpholine rings is 1. The van der Waals surface area contributed by atoms with Crippen LogP contribution in [0.4, 0.5) is 4.39 Å². The summed E-state index contributed by atoms with van der Waals surface area (Å²) in [5.41, 5.74) is 0. The van der Waals surface area contributed by atoms with Crippen LogP contribution in [0.15, 0.2) is 24.3 Å². The Labute approximate surface area is 142 Å². The van der Waals surface area contributed by atoms with Gasteiger partial charge in [-0.1, -0.05) is 12.1 Å². The molecule has 0 bridgehead atoms. The Bertz CT molecular complexity index is 555. The van der Waals surface area contributed by atoms with Crippen LogP contribution in [0.25, 0.3) is 0 Å². The molecule has 3 rings (SSSR count). The quantitative estimate of drug-likeness (QED) is 0.774. The van der Waals surface area contributed by atoms with Gasteiger partial charge in [0.25, 0.3) is 0 Å². The van der Waals surface area contributed by atoms with E-state index in [4.69, 9.17) is 9.47 Å². The molecule has 5 nitrogen and oxygen atoms in total. The first-order valence-corrected chi connectivity index (χ1v) is 8.74. The number of nitrogens with one attached hydrogen (secondary N) is 1. The number of carbonyl (C=O) groups is 1. The lowest BCUT2D eigenvalue weighted by Gasteiger charge is -2.37. The van der Waals surface area contributed by atoms with Gasteiger partial charge in [0.2, 0.25) is 5.91 Å². The van der Waals surface area contributed by atoms with Crippen molar-refractivity contribution >= 4 is 5.91 Å². The molecule has 6 heteroatoms. The fourth-order valence-corrected chi connectivity index (χ4v) is 3.49. The van der Waals surface area contributed by atoms with Crippen LogP contribution in [0.2, 0.25) is 0 Å². The van der Waals surface area contributed by atoms with E-state index in [0.717, 1.165) is 19.4 Å². The number of para-hydroxylation sites is 1. The summed E-state index contributed by atoms with van der Waals surface area (Å²) in [6.45, 7) is 2.88. The average Bonchev–Trinajstić information content (AvgIpc) is 3.06. The molecular formula is C18H25FN2O3. The van der Waals surface area contributed by atoms with Crippen molar-refractivity contribution in [2.24, 2.45) is 0 Å². The summed E-state index contributed by atoms with van der Waals surface area (Å²) in [5, 5.41) is 2.92. The average molecular weight is 336 g/mol. The zero-order valence-corrected chi connectivity index (χ0v) is 13.9. The minimum atomic E-state index is -0.361. The van der Waals surface area contributed by atoms with Gasteiger partial charge in [-0.2, -0.15) is 0 Å². The van der Waals surface area contributed by atoms with Crippen LogP contribution >= 0.6 is 0 Å². The first-order chi connectivity index (χ1) is 11.7. The minimum Gasteiger partial charge on any atom is -0.490 e. The van der Waals surface area contributed by atoms with E-state index in [0.29, 0.717) is 44.9 Å². The predicted octanol–water partition coefficient (Wildman–Crippen LogP) is 1.96. The van der Waals surface area contributed by atoms with Crippen molar-refractivity contribution in [3.63, 3.8) is 0 Å². The van der Waals surface area contributed by atoms with Crippen molar-refractivity contribution in [3.8, 4) is 5.75 Å². The van der Waals surface area contributed by atoms with Gasteiger partial charge in [0, 0.05) is 19.1 Å². The van der Waals surface area contributed by atoms with Crippen molar-refractivity contribution in [1.82, 2.24) is 10.2 Å². The fraction of sp³-hybridized carbons (Fsp3) is 0.611. The third-order valence-corrected chi connectivity index (χ3v) is 4.68. The van der Waals surface area contributed by atoms with Crippen LogP contribution in [0, 0.1) is 5.82 Å². The van der Waals surface area contributed by atoms with E-state index in [-0.39, 0.29) is 17.5 Å². The van der Waals surface area contributed by atoms with Crippen LogP contribution < -0.4 is 10.1 Å². The summed E-state index contributed by atoms with van der Waals surface area (Å²) in [6.07, 6.45) is 4.36. The van der Waals surface area contributed by atoms with E-state index in [2.05, 4.69) is 10.2 Å². The Morgan fingerprint density at radius 3 is 3.12 bits per heavy atom. The van der Waals surface area contributed by atoms with Gasteiger partial charge in [-0.25, -0.2) is 4.39 Å². The Kier molecular flexibility index (Phi) is 6.04. The van der Waals surface area contributed by atoms with Gasteiger partial charge in [0.1, 0.15) is 0 Å². The molecule has 0 spiro atoms. The Morgan fingerprint density at radius 1 is 1.38 bits per heavy atom. The maximum atomic E-state index is 13.4. The summed E-state index contributed by atoms with van der Waals surface area (Å²) in [6, 6.07) is 6.73. The Hall–Kier alpha value is -1.66. The maximum Gasteiger partial charge on any atom is 0.234 e. The predicted molar refractivity (Wildman–Crippen MR) is 88.5 cm³/mol.